The highest BCUT2D eigenvalue weighted by atomic mass is 16.5. The third-order valence-electron chi connectivity index (χ3n) is 1.30. The van der Waals surface area contributed by atoms with Gasteiger partial charge in [-0.3, -0.25) is 5.32 Å². The Morgan fingerprint density at radius 1 is 1.89 bits per heavy atom. The van der Waals surface area contributed by atoms with E-state index in [9.17, 15) is 0 Å². The van der Waals surface area contributed by atoms with Crippen LogP contribution in [-0.2, 0) is 0 Å². The first-order valence-electron chi connectivity index (χ1n) is 3.01. The minimum Gasteiger partial charge on any atom is -0.355 e. The number of hydroxylamine groups is 1. The van der Waals surface area contributed by atoms with Gasteiger partial charge in [-0.15, -0.1) is 6.58 Å². The summed E-state index contributed by atoms with van der Waals surface area (Å²) in [4.78, 5) is 0. The van der Waals surface area contributed by atoms with Gasteiger partial charge < -0.3 is 5.21 Å². The molecule has 0 radical (unpaired) electrons. The van der Waals surface area contributed by atoms with Crippen molar-refractivity contribution in [2.24, 2.45) is 0 Å². The molecule has 1 aliphatic rings. The second kappa shape index (κ2) is 2.53. The summed E-state index contributed by atoms with van der Waals surface area (Å²) in [5.41, 5.74) is 0. The number of hydrogen-bond acceptors (Lipinski definition) is 2. The van der Waals surface area contributed by atoms with Crippen LogP contribution in [0.15, 0.2) is 12.7 Å². The zero-order valence-corrected chi connectivity index (χ0v) is 5.30. The summed E-state index contributed by atoms with van der Waals surface area (Å²) in [7, 11) is 0. The molecule has 0 aliphatic carbocycles. The van der Waals surface area contributed by atoms with Crippen LogP contribution in [0.5, 0.6) is 0 Å². The lowest BCUT2D eigenvalue weighted by Crippen LogP contribution is -2.20. The van der Waals surface area contributed by atoms with Crippen molar-refractivity contribution in [1.82, 2.24) is 5.32 Å². The Labute approximate surface area is 54.3 Å². The van der Waals surface area contributed by atoms with Crippen LogP contribution in [-0.4, -0.2) is 28.9 Å². The summed E-state index contributed by atoms with van der Waals surface area (Å²) in [6.07, 6.45) is 2.48. The van der Waals surface area contributed by atoms with Crippen LogP contribution >= 0.6 is 0 Å². The maximum atomic E-state index is 9.01. The highest BCUT2D eigenvalue weighted by Crippen LogP contribution is 1.88. The molecular formula is C6H11N2O+. The van der Waals surface area contributed by atoms with Crippen LogP contribution in [0.3, 0.4) is 0 Å². The van der Waals surface area contributed by atoms with Gasteiger partial charge in [0.25, 0.3) is 5.84 Å². The van der Waals surface area contributed by atoms with Crippen molar-refractivity contribution in [1.29, 1.82) is 0 Å². The van der Waals surface area contributed by atoms with Crippen molar-refractivity contribution in [3.05, 3.63) is 12.7 Å². The largest absolute Gasteiger partial charge is 0.355 e. The van der Waals surface area contributed by atoms with E-state index >= 15 is 0 Å². The maximum absolute atomic E-state index is 9.01. The third kappa shape index (κ3) is 1.22. The average molecular weight is 127 g/mol. The first kappa shape index (κ1) is 6.13. The molecule has 3 nitrogen and oxygen atoms in total. The minimum absolute atomic E-state index is 0.684. The van der Waals surface area contributed by atoms with Crippen LogP contribution in [0.4, 0.5) is 0 Å². The van der Waals surface area contributed by atoms with E-state index in [1.807, 2.05) is 0 Å². The number of nitrogens with zero attached hydrogens (tertiary/aromatic N) is 1. The first-order valence-corrected chi connectivity index (χ1v) is 3.01. The molecule has 0 aromatic carbocycles. The lowest BCUT2D eigenvalue weighted by Gasteiger charge is -1.88. The highest BCUT2D eigenvalue weighted by molar-refractivity contribution is 5.79. The molecule has 1 rings (SSSR count). The molecule has 0 saturated carbocycles. The van der Waals surface area contributed by atoms with Crippen molar-refractivity contribution in [3.8, 4) is 0 Å². The van der Waals surface area contributed by atoms with Crippen molar-refractivity contribution in [2.75, 3.05) is 13.1 Å². The van der Waals surface area contributed by atoms with Gasteiger partial charge in [-0.1, -0.05) is 10.8 Å². The Bertz CT molecular complexity index is 151. The molecule has 2 N–H and O–H groups in total. The van der Waals surface area contributed by atoms with E-state index in [4.69, 9.17) is 5.21 Å². The van der Waals surface area contributed by atoms with Gasteiger partial charge in [0.1, 0.15) is 6.54 Å². The topological polar surface area (TPSA) is 35.3 Å². The molecule has 0 aromatic rings. The van der Waals surface area contributed by atoms with Gasteiger partial charge in [0.2, 0.25) is 0 Å². The van der Waals surface area contributed by atoms with E-state index in [-0.39, 0.29) is 0 Å². The molecular weight excluding hydrogens is 116 g/mol. The second-order valence-corrected chi connectivity index (χ2v) is 1.99. The molecule has 0 spiro atoms. The fourth-order valence-corrected chi connectivity index (χ4v) is 0.847. The minimum atomic E-state index is 0.684. The summed E-state index contributed by atoms with van der Waals surface area (Å²) >= 11 is 0. The molecule has 0 saturated heterocycles. The summed E-state index contributed by atoms with van der Waals surface area (Å²) < 4.78 is 1.22. The molecule has 0 fully saturated rings. The van der Waals surface area contributed by atoms with E-state index in [2.05, 4.69) is 11.9 Å². The third-order valence-corrected chi connectivity index (χ3v) is 1.30. The lowest BCUT2D eigenvalue weighted by atomic mass is 10.4. The Kier molecular flexibility index (Phi) is 1.72. The van der Waals surface area contributed by atoms with Crippen LogP contribution in [0.1, 0.15) is 6.42 Å². The molecule has 0 atom stereocenters. The lowest BCUT2D eigenvalue weighted by molar-refractivity contribution is -0.768. The van der Waals surface area contributed by atoms with E-state index in [0.29, 0.717) is 6.54 Å². The van der Waals surface area contributed by atoms with Gasteiger partial charge in [0.05, 0.1) is 6.42 Å². The van der Waals surface area contributed by atoms with Crippen LogP contribution < -0.4 is 5.32 Å². The fourth-order valence-electron chi connectivity index (χ4n) is 0.847. The maximum Gasteiger partial charge on any atom is 0.287 e. The van der Waals surface area contributed by atoms with Crippen LogP contribution in [0.25, 0.3) is 0 Å². The normalized spacial score (nSPS) is 17.8. The Balaban J connectivity index is 2.54. The SMILES string of the molecule is C=CCC1=[N+](O)CCN1. The van der Waals surface area contributed by atoms with Gasteiger partial charge in [0, 0.05) is 0 Å². The van der Waals surface area contributed by atoms with Crippen molar-refractivity contribution in [3.63, 3.8) is 0 Å². The predicted octanol–water partition coefficient (Wildman–Crippen LogP) is -0.0341. The van der Waals surface area contributed by atoms with Crippen LogP contribution in [0, 0.1) is 0 Å². The smallest absolute Gasteiger partial charge is 0.287 e. The molecule has 0 aromatic heterocycles. The molecule has 3 heteroatoms. The molecule has 50 valence electrons. The van der Waals surface area contributed by atoms with Gasteiger partial charge in [0.15, 0.2) is 6.54 Å². The van der Waals surface area contributed by atoms with Gasteiger partial charge in [-0.25, -0.2) is 0 Å². The van der Waals surface area contributed by atoms with E-state index < -0.39 is 0 Å². The summed E-state index contributed by atoms with van der Waals surface area (Å²) in [6.45, 7) is 5.08. The number of nitrogens with one attached hydrogen (secondary N) is 1. The Morgan fingerprint density at radius 2 is 2.67 bits per heavy atom. The molecule has 0 bridgehead atoms. The summed E-state index contributed by atoms with van der Waals surface area (Å²) in [5.74, 6) is 0.852. The van der Waals surface area contributed by atoms with E-state index in [0.717, 1.165) is 18.8 Å². The predicted molar refractivity (Wildman–Crippen MR) is 34.7 cm³/mol. The number of hydrogen-bond donors (Lipinski definition) is 2. The first-order chi connectivity index (χ1) is 4.34. The zero-order valence-electron chi connectivity index (χ0n) is 5.30. The van der Waals surface area contributed by atoms with Crippen LogP contribution in [0.2, 0.25) is 0 Å². The van der Waals surface area contributed by atoms with Gasteiger partial charge in [-0.05, 0) is 0 Å². The van der Waals surface area contributed by atoms with Gasteiger partial charge >= 0.3 is 0 Å². The van der Waals surface area contributed by atoms with Crippen molar-refractivity contribution in [2.45, 2.75) is 6.42 Å². The Hall–Kier alpha value is -0.990. The molecule has 1 aliphatic heterocycles. The molecule has 1 heterocycles. The molecule has 9 heavy (non-hydrogen) atoms. The average Bonchev–Trinajstić information content (AvgIpc) is 2.18. The standard InChI is InChI=1S/C6H10N2O/c1-2-3-6-7-4-5-8(6)9/h2,9H,1,3-5H2/p+1. The Morgan fingerprint density at radius 3 is 3.11 bits per heavy atom. The van der Waals surface area contributed by atoms with Gasteiger partial charge in [-0.2, -0.15) is 0 Å². The summed E-state index contributed by atoms with van der Waals surface area (Å²) in [6, 6.07) is 0. The monoisotopic (exact) mass is 127 g/mol. The number of rotatable bonds is 2. The van der Waals surface area contributed by atoms with E-state index in [1.165, 1.54) is 4.74 Å². The van der Waals surface area contributed by atoms with E-state index in [1.54, 1.807) is 6.08 Å². The fraction of sp³-hybridized carbons (Fsp3) is 0.500. The number of amidine groups is 1. The molecule has 0 amide bonds. The summed E-state index contributed by atoms with van der Waals surface area (Å²) in [5, 5.41) is 12.0. The van der Waals surface area contributed by atoms with Crippen molar-refractivity contribution < 1.29 is 9.95 Å². The molecule has 0 unspecified atom stereocenters. The quantitative estimate of drug-likeness (QED) is 0.310. The van der Waals surface area contributed by atoms with Crippen molar-refractivity contribution >= 4 is 5.84 Å². The second-order valence-electron chi connectivity index (χ2n) is 1.99. The zero-order chi connectivity index (χ0) is 6.69. The highest BCUT2D eigenvalue weighted by Gasteiger charge is 2.17.